The van der Waals surface area contributed by atoms with Gasteiger partial charge in [-0.05, 0) is 33.1 Å². The number of hydrogen-bond acceptors (Lipinski definition) is 3. The van der Waals surface area contributed by atoms with Gasteiger partial charge in [-0.1, -0.05) is 0 Å². The second-order valence-corrected chi connectivity index (χ2v) is 5.75. The van der Waals surface area contributed by atoms with Crippen LogP contribution >= 0.6 is 0 Å². The fourth-order valence-corrected chi connectivity index (χ4v) is 2.54. The van der Waals surface area contributed by atoms with E-state index >= 15 is 0 Å². The van der Waals surface area contributed by atoms with Crippen molar-refractivity contribution in [3.8, 4) is 0 Å². The molecular formula is C12H22N2O2. The molecule has 1 aliphatic carbocycles. The van der Waals surface area contributed by atoms with Gasteiger partial charge in [0.1, 0.15) is 0 Å². The molecule has 16 heavy (non-hydrogen) atoms. The second-order valence-electron chi connectivity index (χ2n) is 5.75. The number of carboxylic acid groups (broad SMARTS) is 1. The van der Waals surface area contributed by atoms with E-state index in [0.717, 1.165) is 25.6 Å². The summed E-state index contributed by atoms with van der Waals surface area (Å²) in [6, 6.07) is 1.14. The molecule has 0 aromatic rings. The lowest BCUT2D eigenvalue weighted by molar-refractivity contribution is -0.137. The number of carbonyl (C=O) groups is 1. The Bertz CT molecular complexity index is 274. The molecule has 1 heterocycles. The van der Waals surface area contributed by atoms with Gasteiger partial charge in [0.25, 0.3) is 0 Å². The maximum Gasteiger partial charge on any atom is 0.303 e. The van der Waals surface area contributed by atoms with Gasteiger partial charge in [0.15, 0.2) is 0 Å². The molecule has 0 aromatic heterocycles. The highest BCUT2D eigenvalue weighted by Crippen LogP contribution is 2.32. The van der Waals surface area contributed by atoms with Crippen molar-refractivity contribution in [2.75, 3.05) is 13.1 Å². The minimum absolute atomic E-state index is 0.169. The van der Waals surface area contributed by atoms with Crippen molar-refractivity contribution in [3.05, 3.63) is 0 Å². The molecule has 1 aliphatic heterocycles. The van der Waals surface area contributed by atoms with Gasteiger partial charge < -0.3 is 10.4 Å². The molecule has 1 atom stereocenters. The van der Waals surface area contributed by atoms with Crippen LogP contribution in [0.3, 0.4) is 0 Å². The molecule has 2 aliphatic rings. The molecule has 1 unspecified atom stereocenters. The Kier molecular flexibility index (Phi) is 3.22. The molecule has 0 spiro atoms. The maximum absolute atomic E-state index is 10.6. The summed E-state index contributed by atoms with van der Waals surface area (Å²) in [4.78, 5) is 13.1. The van der Waals surface area contributed by atoms with Crippen molar-refractivity contribution in [1.82, 2.24) is 10.2 Å². The first kappa shape index (κ1) is 11.9. The lowest BCUT2D eigenvalue weighted by atomic mass is 9.96. The standard InChI is InChI=1S/C12H22N2O2/c1-12(2)8-14(9-3-4-9)10(7-13-12)5-6-11(15)16/h9-10,13H,3-8H2,1-2H3,(H,15,16). The van der Waals surface area contributed by atoms with Crippen molar-refractivity contribution in [3.63, 3.8) is 0 Å². The zero-order valence-corrected chi connectivity index (χ0v) is 10.2. The normalized spacial score (nSPS) is 30.2. The van der Waals surface area contributed by atoms with E-state index < -0.39 is 5.97 Å². The summed E-state index contributed by atoms with van der Waals surface area (Å²) >= 11 is 0. The molecule has 92 valence electrons. The van der Waals surface area contributed by atoms with E-state index in [1.165, 1.54) is 12.8 Å². The molecule has 0 bridgehead atoms. The fraction of sp³-hybridized carbons (Fsp3) is 0.917. The van der Waals surface area contributed by atoms with Crippen LogP contribution in [0.4, 0.5) is 0 Å². The molecule has 2 N–H and O–H groups in total. The van der Waals surface area contributed by atoms with Crippen molar-refractivity contribution in [2.24, 2.45) is 0 Å². The number of carboxylic acids is 1. The first-order valence-corrected chi connectivity index (χ1v) is 6.20. The molecule has 0 aromatic carbocycles. The Balaban J connectivity index is 1.92. The third-order valence-electron chi connectivity index (χ3n) is 3.57. The Labute approximate surface area is 97.0 Å². The van der Waals surface area contributed by atoms with Gasteiger partial charge in [-0.25, -0.2) is 0 Å². The van der Waals surface area contributed by atoms with E-state index in [4.69, 9.17) is 5.11 Å². The van der Waals surface area contributed by atoms with Crippen molar-refractivity contribution >= 4 is 5.97 Å². The van der Waals surface area contributed by atoms with Crippen LogP contribution in [0.15, 0.2) is 0 Å². The van der Waals surface area contributed by atoms with Gasteiger partial charge in [0, 0.05) is 37.1 Å². The van der Waals surface area contributed by atoms with Crippen LogP contribution in [0.1, 0.15) is 39.5 Å². The lowest BCUT2D eigenvalue weighted by Gasteiger charge is -2.45. The number of hydrogen-bond donors (Lipinski definition) is 2. The molecule has 4 heteroatoms. The predicted molar refractivity (Wildman–Crippen MR) is 62.5 cm³/mol. The molecule has 1 saturated carbocycles. The molecule has 4 nitrogen and oxygen atoms in total. The SMILES string of the molecule is CC1(C)CN(C2CC2)C(CCC(=O)O)CN1. The number of aliphatic carboxylic acids is 1. The molecular weight excluding hydrogens is 204 g/mol. The van der Waals surface area contributed by atoms with Crippen LogP contribution in [0, 0.1) is 0 Å². The van der Waals surface area contributed by atoms with E-state index in [-0.39, 0.29) is 12.0 Å². The zero-order chi connectivity index (χ0) is 11.8. The van der Waals surface area contributed by atoms with Gasteiger partial charge in [0.05, 0.1) is 0 Å². The second kappa shape index (κ2) is 4.34. The molecule has 1 saturated heterocycles. The van der Waals surface area contributed by atoms with Crippen LogP contribution in [0.5, 0.6) is 0 Å². The highest BCUT2D eigenvalue weighted by molar-refractivity contribution is 5.66. The topological polar surface area (TPSA) is 52.6 Å². The molecule has 0 amide bonds. The minimum Gasteiger partial charge on any atom is -0.481 e. The number of rotatable bonds is 4. The van der Waals surface area contributed by atoms with Crippen LogP contribution in [0.25, 0.3) is 0 Å². The first-order chi connectivity index (χ1) is 7.48. The Morgan fingerprint density at radius 3 is 2.75 bits per heavy atom. The van der Waals surface area contributed by atoms with Gasteiger partial charge in [-0.2, -0.15) is 0 Å². The smallest absolute Gasteiger partial charge is 0.303 e. The van der Waals surface area contributed by atoms with Crippen LogP contribution in [0.2, 0.25) is 0 Å². The summed E-state index contributed by atoms with van der Waals surface area (Å²) in [5.74, 6) is -0.680. The summed E-state index contributed by atoms with van der Waals surface area (Å²) in [7, 11) is 0. The molecule has 0 radical (unpaired) electrons. The van der Waals surface area contributed by atoms with Crippen molar-refractivity contribution in [1.29, 1.82) is 0 Å². The minimum atomic E-state index is -0.680. The van der Waals surface area contributed by atoms with E-state index in [0.29, 0.717) is 6.04 Å². The van der Waals surface area contributed by atoms with Gasteiger partial charge in [0.2, 0.25) is 0 Å². The monoisotopic (exact) mass is 226 g/mol. The number of nitrogens with zero attached hydrogens (tertiary/aromatic N) is 1. The summed E-state index contributed by atoms with van der Waals surface area (Å²) in [5.41, 5.74) is 0.169. The van der Waals surface area contributed by atoms with Crippen molar-refractivity contribution < 1.29 is 9.90 Å². The van der Waals surface area contributed by atoms with Crippen LogP contribution < -0.4 is 5.32 Å². The van der Waals surface area contributed by atoms with E-state index in [9.17, 15) is 4.79 Å². The van der Waals surface area contributed by atoms with Gasteiger partial charge in [-0.3, -0.25) is 9.69 Å². The third-order valence-corrected chi connectivity index (χ3v) is 3.57. The highest BCUT2D eigenvalue weighted by Gasteiger charge is 2.40. The lowest BCUT2D eigenvalue weighted by Crippen LogP contribution is -2.62. The Morgan fingerprint density at radius 1 is 1.50 bits per heavy atom. The quantitative estimate of drug-likeness (QED) is 0.753. The summed E-state index contributed by atoms with van der Waals surface area (Å²) in [5, 5.41) is 12.3. The third kappa shape index (κ3) is 2.95. The number of piperazine rings is 1. The van der Waals surface area contributed by atoms with Crippen LogP contribution in [-0.2, 0) is 4.79 Å². The van der Waals surface area contributed by atoms with Gasteiger partial charge >= 0.3 is 5.97 Å². The molecule has 2 rings (SSSR count). The summed E-state index contributed by atoms with van der Waals surface area (Å²) < 4.78 is 0. The highest BCUT2D eigenvalue weighted by atomic mass is 16.4. The molecule has 2 fully saturated rings. The van der Waals surface area contributed by atoms with E-state index in [1.807, 2.05) is 0 Å². The van der Waals surface area contributed by atoms with Crippen molar-refractivity contribution in [2.45, 2.75) is 57.2 Å². The van der Waals surface area contributed by atoms with E-state index in [2.05, 4.69) is 24.1 Å². The zero-order valence-electron chi connectivity index (χ0n) is 10.2. The Morgan fingerprint density at radius 2 is 2.19 bits per heavy atom. The average molecular weight is 226 g/mol. The summed E-state index contributed by atoms with van der Waals surface area (Å²) in [6.07, 6.45) is 3.64. The maximum atomic E-state index is 10.6. The largest absolute Gasteiger partial charge is 0.481 e. The number of nitrogens with one attached hydrogen (secondary N) is 1. The predicted octanol–water partition coefficient (Wildman–Crippen LogP) is 1.07. The average Bonchev–Trinajstić information content (AvgIpc) is 2.97. The fourth-order valence-electron chi connectivity index (χ4n) is 2.54. The van der Waals surface area contributed by atoms with E-state index in [1.54, 1.807) is 0 Å². The Hall–Kier alpha value is -0.610. The van der Waals surface area contributed by atoms with Crippen LogP contribution in [-0.4, -0.2) is 46.7 Å². The summed E-state index contributed by atoms with van der Waals surface area (Å²) in [6.45, 7) is 6.41. The first-order valence-electron chi connectivity index (χ1n) is 6.20. The van der Waals surface area contributed by atoms with Gasteiger partial charge in [-0.15, -0.1) is 0 Å².